The number of aromatic nitrogens is 7. The summed E-state index contributed by atoms with van der Waals surface area (Å²) in [5.74, 6) is 2.07. The molecule has 1 saturated heterocycles. The number of amides is 2. The molecule has 1 aliphatic heterocycles. The number of pyridine rings is 1. The number of aryl methyl sites for hydroxylation is 1. The predicted molar refractivity (Wildman–Crippen MR) is 231 cm³/mol. The maximum Gasteiger partial charge on any atom is 0.315 e. The highest BCUT2D eigenvalue weighted by Gasteiger charge is 2.44. The zero-order chi connectivity index (χ0) is 41.0. The van der Waals surface area contributed by atoms with Crippen LogP contribution in [0.5, 0.6) is 0 Å². The first-order chi connectivity index (χ1) is 29.4. The van der Waals surface area contributed by atoms with Crippen molar-refractivity contribution in [1.82, 2.24) is 44.9 Å². The lowest BCUT2D eigenvalue weighted by Gasteiger charge is -2.34. The summed E-state index contributed by atoms with van der Waals surface area (Å²) in [4.78, 5) is 34.7. The lowest BCUT2D eigenvalue weighted by atomic mass is 9.91. The first-order valence-electron chi connectivity index (χ1n) is 21.3. The van der Waals surface area contributed by atoms with Crippen molar-refractivity contribution >= 4 is 34.8 Å². The molecule has 60 heavy (non-hydrogen) atoms. The number of aliphatic hydroxyl groups is 2. The molecule has 5 heterocycles. The molecule has 312 valence electrons. The number of nitrogens with one attached hydrogen (secondary N) is 4. The molecule has 0 unspecified atom stereocenters. The fourth-order valence-electron chi connectivity index (χ4n) is 9.25. The Balaban J connectivity index is 0.897. The third kappa shape index (κ3) is 8.63. The predicted octanol–water partition coefficient (Wildman–Crippen LogP) is 5.57. The minimum atomic E-state index is -1.06. The molecule has 6 N–H and O–H groups in total. The van der Waals surface area contributed by atoms with E-state index in [1.54, 1.807) is 17.2 Å². The number of anilines is 3. The summed E-state index contributed by atoms with van der Waals surface area (Å²) >= 11 is 0. The second-order valence-electron chi connectivity index (χ2n) is 16.6. The Kier molecular flexibility index (Phi) is 11.6. The second-order valence-corrected chi connectivity index (χ2v) is 16.6. The molecule has 3 fully saturated rings. The molecular weight excluding hydrogens is 757 g/mol. The average molecular weight is 811 g/mol. The van der Waals surface area contributed by atoms with Gasteiger partial charge in [-0.1, -0.05) is 66.7 Å². The van der Waals surface area contributed by atoms with Crippen LogP contribution in [0.1, 0.15) is 79.6 Å². The highest BCUT2D eigenvalue weighted by atomic mass is 16.3. The molecule has 3 aliphatic rings. The Hall–Kier alpha value is -6.06. The van der Waals surface area contributed by atoms with Crippen molar-refractivity contribution in [3.63, 3.8) is 0 Å². The molecule has 2 aromatic carbocycles. The summed E-state index contributed by atoms with van der Waals surface area (Å²) in [5.41, 5.74) is 4.49. The van der Waals surface area contributed by atoms with E-state index in [0.29, 0.717) is 35.9 Å². The van der Waals surface area contributed by atoms with Crippen molar-refractivity contribution in [3.8, 4) is 0 Å². The van der Waals surface area contributed by atoms with E-state index in [2.05, 4.69) is 84.8 Å². The fraction of sp³-hybridized carbons (Fsp3) is 0.422. The van der Waals surface area contributed by atoms with Crippen LogP contribution in [0, 0.1) is 6.92 Å². The molecule has 0 bridgehead atoms. The highest BCUT2D eigenvalue weighted by Crippen LogP contribution is 2.40. The number of aliphatic hydroxyl groups excluding tert-OH is 2. The molecule has 4 atom stereocenters. The summed E-state index contributed by atoms with van der Waals surface area (Å²) in [7, 11) is 0. The number of rotatable bonds is 12. The Bertz CT molecular complexity index is 2290. The van der Waals surface area contributed by atoms with E-state index in [1.807, 2.05) is 54.2 Å². The third-order valence-electron chi connectivity index (χ3n) is 12.5. The van der Waals surface area contributed by atoms with Crippen LogP contribution in [0.3, 0.4) is 0 Å². The Labute approximate surface area is 349 Å². The van der Waals surface area contributed by atoms with E-state index in [-0.39, 0.29) is 30.1 Å². The summed E-state index contributed by atoms with van der Waals surface area (Å²) < 4.78 is 3.62. The third-order valence-corrected chi connectivity index (χ3v) is 12.5. The Morgan fingerprint density at radius 2 is 1.43 bits per heavy atom. The van der Waals surface area contributed by atoms with E-state index in [0.717, 1.165) is 63.0 Å². The van der Waals surface area contributed by atoms with Gasteiger partial charge in [-0.2, -0.15) is 15.1 Å². The van der Waals surface area contributed by atoms with Crippen LogP contribution in [-0.2, 0) is 0 Å². The summed E-state index contributed by atoms with van der Waals surface area (Å²) in [6.45, 7) is 4.23. The molecule has 0 spiro atoms. The number of imidazole rings is 1. The van der Waals surface area contributed by atoms with E-state index in [4.69, 9.17) is 15.0 Å². The number of benzene rings is 2. The Morgan fingerprint density at radius 3 is 2.08 bits per heavy atom. The number of carbonyl (C=O) groups excluding carboxylic acids is 1. The van der Waals surface area contributed by atoms with Gasteiger partial charge in [0.1, 0.15) is 18.0 Å². The number of carbonyl (C=O) groups is 1. The maximum atomic E-state index is 13.1. The van der Waals surface area contributed by atoms with Crippen molar-refractivity contribution in [2.75, 3.05) is 35.2 Å². The summed E-state index contributed by atoms with van der Waals surface area (Å²) in [5, 5.41) is 40.8. The van der Waals surface area contributed by atoms with Crippen LogP contribution >= 0.6 is 0 Å². The van der Waals surface area contributed by atoms with Gasteiger partial charge in [0.25, 0.3) is 0 Å². The minimum Gasteiger partial charge on any atom is -0.388 e. The van der Waals surface area contributed by atoms with Gasteiger partial charge in [0.05, 0.1) is 24.6 Å². The molecule has 2 saturated carbocycles. The van der Waals surface area contributed by atoms with Crippen molar-refractivity contribution in [2.45, 2.75) is 100 Å². The molecule has 4 aromatic heterocycles. The SMILES string of the molecule is Cc1cnn([C@H]2C[C@@H](n3cnc4c(NCC(c5ccccc5)c5ccccc5)nc(NC5CCC(NC(=O)NC6CCN(c7ccccn7)CC6)CC5)nc43)[C@H](O)[C@@H]2O)c1. The van der Waals surface area contributed by atoms with E-state index in [1.165, 1.54) is 11.1 Å². The summed E-state index contributed by atoms with van der Waals surface area (Å²) in [6.07, 6.45) is 10.6. The van der Waals surface area contributed by atoms with Crippen LogP contribution in [0.4, 0.5) is 22.4 Å². The molecule has 2 aliphatic carbocycles. The number of hydrogen-bond donors (Lipinski definition) is 6. The van der Waals surface area contributed by atoms with Gasteiger partial charge in [0, 0.05) is 56.1 Å². The first-order valence-corrected chi connectivity index (χ1v) is 21.3. The smallest absolute Gasteiger partial charge is 0.315 e. The van der Waals surface area contributed by atoms with Crippen LogP contribution < -0.4 is 26.2 Å². The zero-order valence-corrected chi connectivity index (χ0v) is 33.9. The van der Waals surface area contributed by atoms with Gasteiger partial charge in [-0.15, -0.1) is 0 Å². The normalized spacial score (nSPS) is 23.5. The number of piperidine rings is 1. The van der Waals surface area contributed by atoms with Gasteiger partial charge >= 0.3 is 6.03 Å². The number of urea groups is 1. The zero-order valence-electron chi connectivity index (χ0n) is 33.9. The van der Waals surface area contributed by atoms with Gasteiger partial charge in [0.2, 0.25) is 5.95 Å². The minimum absolute atomic E-state index is 0.0420. The molecule has 2 amide bonds. The standard InChI is InChI=1S/C45H54N12O3/c1-29-25-49-57(27-29)37-24-36(40(58)41(37)59)56-28-48-39-42(47-26-35(30-10-4-2-5-11-30)31-12-6-3-7-13-31)53-44(54-43(39)56)50-32-15-17-33(18-16-32)51-45(60)52-34-19-22-55(23-20-34)38-14-8-9-21-46-38/h2-14,21,25,27-28,32-37,40-41,58-59H,15-20,22-24,26H2,1H3,(H2,51,52,60)(H2,47,50,53,54)/t32?,33?,36-,37+,40+,41-/m1/s1. The molecular formula is C45H54N12O3. The molecule has 6 aromatic rings. The fourth-order valence-corrected chi connectivity index (χ4v) is 9.25. The van der Waals surface area contributed by atoms with Crippen LogP contribution in [0.25, 0.3) is 11.2 Å². The van der Waals surface area contributed by atoms with Gasteiger partial charge < -0.3 is 40.9 Å². The molecule has 0 radical (unpaired) electrons. The monoisotopic (exact) mass is 810 g/mol. The number of fused-ring (bicyclic) bond motifs is 1. The molecule has 15 nitrogen and oxygen atoms in total. The highest BCUT2D eigenvalue weighted by molar-refractivity contribution is 5.84. The van der Waals surface area contributed by atoms with Crippen molar-refractivity contribution in [3.05, 3.63) is 120 Å². The van der Waals surface area contributed by atoms with Gasteiger partial charge in [-0.25, -0.2) is 14.8 Å². The van der Waals surface area contributed by atoms with Gasteiger partial charge in [-0.05, 0) is 80.7 Å². The topological polar surface area (TPSA) is 183 Å². The number of hydrogen-bond acceptors (Lipinski definition) is 11. The maximum absolute atomic E-state index is 13.1. The molecule has 15 heteroatoms. The first kappa shape index (κ1) is 39.4. The van der Waals surface area contributed by atoms with Crippen molar-refractivity contribution in [1.29, 1.82) is 0 Å². The lowest BCUT2D eigenvalue weighted by Crippen LogP contribution is -2.51. The Morgan fingerprint density at radius 1 is 0.783 bits per heavy atom. The number of nitrogens with zero attached hydrogens (tertiary/aromatic N) is 8. The average Bonchev–Trinajstić information content (AvgIpc) is 3.99. The van der Waals surface area contributed by atoms with Gasteiger partial charge in [-0.3, -0.25) is 4.68 Å². The van der Waals surface area contributed by atoms with Crippen molar-refractivity contribution in [2.24, 2.45) is 0 Å². The van der Waals surface area contributed by atoms with Gasteiger partial charge in [0.15, 0.2) is 17.0 Å². The van der Waals surface area contributed by atoms with E-state index < -0.39 is 24.3 Å². The van der Waals surface area contributed by atoms with E-state index >= 15 is 0 Å². The van der Waals surface area contributed by atoms with Crippen molar-refractivity contribution < 1.29 is 15.0 Å². The van der Waals surface area contributed by atoms with Crippen LogP contribution in [0.2, 0.25) is 0 Å². The van der Waals surface area contributed by atoms with E-state index in [9.17, 15) is 15.0 Å². The quantitative estimate of drug-likeness (QED) is 0.0909. The van der Waals surface area contributed by atoms with Crippen LogP contribution in [-0.4, -0.2) is 100 Å². The largest absolute Gasteiger partial charge is 0.388 e. The van der Waals surface area contributed by atoms with Crippen LogP contribution in [0.15, 0.2) is 104 Å². The lowest BCUT2D eigenvalue weighted by molar-refractivity contribution is 0.00722. The summed E-state index contributed by atoms with van der Waals surface area (Å²) in [6, 6.07) is 26.1. The second kappa shape index (κ2) is 17.7. The molecule has 9 rings (SSSR count).